The van der Waals surface area contributed by atoms with Crippen LogP contribution in [0.3, 0.4) is 0 Å². The maximum atomic E-state index is 11.9. The molecule has 308 valence electrons. The van der Waals surface area contributed by atoms with Crippen LogP contribution in [0.15, 0.2) is 36.4 Å². The van der Waals surface area contributed by atoms with Gasteiger partial charge in [0, 0.05) is 19.4 Å². The number of nitrogens with one attached hydrogen (secondary N) is 1. The van der Waals surface area contributed by atoms with E-state index in [0.717, 1.165) is 43.4 Å². The minimum Gasteiger partial charge on any atom is -0.493 e. The molecule has 0 aliphatic heterocycles. The highest BCUT2D eigenvalue weighted by atomic mass is 17.0. The van der Waals surface area contributed by atoms with Crippen LogP contribution in [0.2, 0.25) is 0 Å². The fourth-order valence-electron chi connectivity index (χ4n) is 7.35. The van der Waals surface area contributed by atoms with E-state index in [4.69, 9.17) is 23.8 Å². The van der Waals surface area contributed by atoms with Gasteiger partial charge < -0.3 is 29.2 Å². The molecule has 0 fully saturated rings. The minimum absolute atomic E-state index is 0.350. The first-order valence-corrected chi connectivity index (χ1v) is 20.1. The summed E-state index contributed by atoms with van der Waals surface area (Å²) in [5.74, 6) is -0.560. The Morgan fingerprint density at radius 1 is 0.873 bits per heavy atom. The van der Waals surface area contributed by atoms with Crippen molar-refractivity contribution >= 4 is 5.91 Å². The van der Waals surface area contributed by atoms with Gasteiger partial charge in [-0.05, 0) is 75.5 Å². The van der Waals surface area contributed by atoms with Crippen LogP contribution in [0.5, 0.6) is 23.0 Å². The molecule has 1 N–H and O–H groups in total. The summed E-state index contributed by atoms with van der Waals surface area (Å²) in [6.45, 7) is 10.2. The number of carbonyl (C=O) groups is 1. The number of nitriles is 1. The van der Waals surface area contributed by atoms with Gasteiger partial charge in [0.15, 0.2) is 11.5 Å². The summed E-state index contributed by atoms with van der Waals surface area (Å²) in [5, 5.41) is 24.4. The van der Waals surface area contributed by atoms with Crippen molar-refractivity contribution in [1.82, 2.24) is 10.2 Å². The first-order valence-electron chi connectivity index (χ1n) is 20.1. The van der Waals surface area contributed by atoms with Crippen molar-refractivity contribution in [2.24, 2.45) is 5.92 Å². The summed E-state index contributed by atoms with van der Waals surface area (Å²) in [5.41, 5.74) is 0.982. The topological polar surface area (TPSA) is 145 Å². The normalized spacial score (nSPS) is 14.0. The molecule has 2 aromatic carbocycles. The molecule has 3 atom stereocenters. The average Bonchev–Trinajstić information content (AvgIpc) is 3.16. The van der Waals surface area contributed by atoms with Gasteiger partial charge in [0.2, 0.25) is 11.7 Å². The number of nitrogens with zero attached hydrogens (tertiary/aromatic N) is 3. The van der Waals surface area contributed by atoms with Gasteiger partial charge >= 0.3 is 0 Å². The quantitative estimate of drug-likeness (QED) is 0.0368. The number of amides is 1. The molecule has 2 rings (SSSR count). The molecule has 3 unspecified atom stereocenters. The second kappa shape index (κ2) is 24.3. The molecule has 0 aliphatic carbocycles. The number of ether oxygens (including phenoxy) is 4. The van der Waals surface area contributed by atoms with Gasteiger partial charge in [0.1, 0.15) is 5.75 Å². The van der Waals surface area contributed by atoms with Gasteiger partial charge in [-0.25, -0.2) is 0 Å². The fourth-order valence-corrected chi connectivity index (χ4v) is 7.35. The minimum atomic E-state index is -1.75. The largest absolute Gasteiger partial charge is 0.493 e. The third kappa shape index (κ3) is 14.4. The average molecular weight is 769 g/mol. The zero-order valence-electron chi connectivity index (χ0n) is 35.0. The number of likely N-dealkylation sites (N-methyl/N-ethyl adjacent to an activating group) is 1. The highest BCUT2D eigenvalue weighted by Gasteiger charge is 2.47. The number of hydrogen-bond acceptors (Lipinski definition) is 10. The third-order valence-corrected chi connectivity index (χ3v) is 10.6. The molecule has 1 amide bonds. The van der Waals surface area contributed by atoms with Gasteiger partial charge in [0.25, 0.3) is 10.9 Å². The molecular formula is C43H68N4O8. The van der Waals surface area contributed by atoms with Crippen molar-refractivity contribution in [2.75, 3.05) is 41.5 Å². The number of unbranched alkanes of at least 4 members (excludes halogenated alkanes) is 9. The van der Waals surface area contributed by atoms with Crippen molar-refractivity contribution in [2.45, 2.75) is 142 Å². The van der Waals surface area contributed by atoms with Gasteiger partial charge in [-0.2, -0.15) is 5.26 Å². The molecule has 0 spiro atoms. The maximum absolute atomic E-state index is 11.9. The number of rotatable bonds is 29. The number of para-hydroxylation sites is 1. The highest BCUT2D eigenvalue weighted by Crippen LogP contribution is 2.44. The Labute approximate surface area is 330 Å². The summed E-state index contributed by atoms with van der Waals surface area (Å²) in [4.78, 5) is 31.0. The van der Waals surface area contributed by atoms with Crippen LogP contribution in [0.4, 0.5) is 0 Å². The fraction of sp³-hybridized carbons (Fsp3) is 0.674. The summed E-state index contributed by atoms with van der Waals surface area (Å²) in [6, 6.07) is 13.2. The lowest BCUT2D eigenvalue weighted by atomic mass is 9.73. The lowest BCUT2D eigenvalue weighted by molar-refractivity contribution is -0.797. The summed E-state index contributed by atoms with van der Waals surface area (Å²) in [7, 11) is 6.82. The van der Waals surface area contributed by atoms with Crippen LogP contribution in [0.25, 0.3) is 0 Å². The molecular weight excluding hydrogens is 700 g/mol. The van der Waals surface area contributed by atoms with Crippen molar-refractivity contribution in [3.8, 4) is 29.1 Å². The smallest absolute Gasteiger partial charge is 0.298 e. The van der Waals surface area contributed by atoms with E-state index in [0.29, 0.717) is 42.4 Å². The van der Waals surface area contributed by atoms with E-state index in [9.17, 15) is 20.2 Å². The third-order valence-electron chi connectivity index (χ3n) is 10.6. The SMILES string of the molecule is CCCCCCCCCCCCC(C#N)(CCCN(C)CCc1ccccc1OC(O[N+](=O)[O-])(C(C)C)C(C)NC(C)=O)c1cc(OC)c(OC)c(OC)c1. The van der Waals surface area contributed by atoms with Crippen LogP contribution in [0, 0.1) is 27.4 Å². The summed E-state index contributed by atoms with van der Waals surface area (Å²) in [6.07, 6.45) is 15.0. The van der Waals surface area contributed by atoms with E-state index >= 15 is 0 Å². The molecule has 55 heavy (non-hydrogen) atoms. The lowest BCUT2D eigenvalue weighted by Gasteiger charge is -2.40. The Kier molecular flexibility index (Phi) is 20.7. The van der Waals surface area contributed by atoms with Gasteiger partial charge in [0.05, 0.1) is 38.9 Å². The van der Waals surface area contributed by atoms with E-state index in [2.05, 4.69) is 23.2 Å². The van der Waals surface area contributed by atoms with Crippen molar-refractivity contribution in [3.05, 3.63) is 57.6 Å². The zero-order chi connectivity index (χ0) is 40.9. The van der Waals surface area contributed by atoms with E-state index in [1.54, 1.807) is 48.2 Å². The van der Waals surface area contributed by atoms with Crippen LogP contribution in [-0.2, 0) is 21.5 Å². The second-order valence-corrected chi connectivity index (χ2v) is 15.0. The van der Waals surface area contributed by atoms with Crippen LogP contribution in [-0.4, -0.2) is 69.2 Å². The van der Waals surface area contributed by atoms with Crippen molar-refractivity contribution in [1.29, 1.82) is 5.26 Å². The molecule has 0 aliphatic rings. The van der Waals surface area contributed by atoms with E-state index in [-0.39, 0.29) is 5.91 Å². The van der Waals surface area contributed by atoms with E-state index < -0.39 is 28.2 Å². The molecule has 0 heterocycles. The Morgan fingerprint density at radius 2 is 1.44 bits per heavy atom. The molecule has 0 bridgehead atoms. The zero-order valence-corrected chi connectivity index (χ0v) is 35.0. The standard InChI is InChI=1S/C43H68N4O8/c1-10-11-12-13-14-15-16-17-18-21-26-42(32-44,37-30-39(51-7)41(53-9)40(31-37)52-8)27-22-28-46(6)29-25-36-23-19-20-24-38(36)54-43(33(2)3,55-47(49)50)34(4)45-35(5)48/h19-20,23-24,30-31,33-34H,10-18,21-22,25-29H2,1-9H3,(H,45,48). The lowest BCUT2D eigenvalue weighted by Crippen LogP contribution is -2.60. The Morgan fingerprint density at radius 3 is 1.95 bits per heavy atom. The molecule has 0 radical (unpaired) electrons. The number of methoxy groups -OCH3 is 3. The second-order valence-electron chi connectivity index (χ2n) is 15.0. The first-order chi connectivity index (χ1) is 26.3. The number of carbonyl (C=O) groups excluding carboxylic acids is 1. The number of hydrogen-bond donors (Lipinski definition) is 1. The van der Waals surface area contributed by atoms with Crippen LogP contribution in [0.1, 0.15) is 129 Å². The van der Waals surface area contributed by atoms with E-state index in [1.807, 2.05) is 37.4 Å². The molecule has 12 heteroatoms. The number of benzene rings is 2. The van der Waals surface area contributed by atoms with E-state index in [1.165, 1.54) is 58.3 Å². The molecule has 0 aromatic heterocycles. The molecule has 0 saturated carbocycles. The van der Waals surface area contributed by atoms with Gasteiger partial charge in [-0.1, -0.05) is 103 Å². The van der Waals surface area contributed by atoms with Crippen molar-refractivity contribution in [3.63, 3.8) is 0 Å². The summed E-state index contributed by atoms with van der Waals surface area (Å²) < 4.78 is 23.3. The Balaban J connectivity index is 2.20. The first kappa shape index (κ1) is 46.9. The van der Waals surface area contributed by atoms with Crippen LogP contribution < -0.4 is 24.3 Å². The van der Waals surface area contributed by atoms with Crippen LogP contribution >= 0.6 is 0 Å². The van der Waals surface area contributed by atoms with Gasteiger partial charge in [-0.3, -0.25) is 9.63 Å². The Hall–Kier alpha value is -4.24. The predicted octanol–water partition coefficient (Wildman–Crippen LogP) is 9.20. The summed E-state index contributed by atoms with van der Waals surface area (Å²) >= 11 is 0. The monoisotopic (exact) mass is 769 g/mol. The maximum Gasteiger partial charge on any atom is 0.298 e. The molecule has 12 nitrogen and oxygen atoms in total. The highest BCUT2D eigenvalue weighted by molar-refractivity contribution is 5.73. The molecule has 0 saturated heterocycles. The predicted molar refractivity (Wildman–Crippen MR) is 216 cm³/mol. The van der Waals surface area contributed by atoms with Gasteiger partial charge in [-0.15, -0.1) is 10.1 Å². The van der Waals surface area contributed by atoms with Crippen molar-refractivity contribution < 1.29 is 33.7 Å². The Bertz CT molecular complexity index is 1470. The molecule has 2 aromatic rings.